The van der Waals surface area contributed by atoms with Crippen molar-refractivity contribution in [1.29, 1.82) is 0 Å². The fourth-order valence-electron chi connectivity index (χ4n) is 2.53. The van der Waals surface area contributed by atoms with E-state index < -0.39 is 10.0 Å². The summed E-state index contributed by atoms with van der Waals surface area (Å²) < 4.78 is 33.4. The molecule has 0 radical (unpaired) electrons. The highest BCUT2D eigenvalue weighted by Crippen LogP contribution is 2.23. The van der Waals surface area contributed by atoms with Crippen LogP contribution in [0.15, 0.2) is 30.3 Å². The molecule has 1 aliphatic heterocycles. The van der Waals surface area contributed by atoms with E-state index in [1.165, 1.54) is 0 Å². The summed E-state index contributed by atoms with van der Waals surface area (Å²) in [6.07, 6.45) is 0. The minimum absolute atomic E-state index is 0.223. The molecule has 0 saturated carbocycles. The van der Waals surface area contributed by atoms with Gasteiger partial charge < -0.3 is 20.1 Å². The molecule has 4 N–H and O–H groups in total. The van der Waals surface area contributed by atoms with Gasteiger partial charge in [-0.2, -0.15) is 4.98 Å². The number of hydrogen-bond donors (Lipinski definition) is 2. The van der Waals surface area contributed by atoms with Gasteiger partial charge in [-0.25, -0.2) is 18.5 Å². The molecule has 1 aliphatic rings. The molecular formula is C16H21N5O4S. The summed E-state index contributed by atoms with van der Waals surface area (Å²) in [5, 5.41) is 5.05. The molecule has 3 rings (SSSR count). The van der Waals surface area contributed by atoms with E-state index in [-0.39, 0.29) is 12.3 Å². The first-order valence-electron chi connectivity index (χ1n) is 8.11. The number of hydrogen-bond acceptors (Lipinski definition) is 8. The van der Waals surface area contributed by atoms with Crippen LogP contribution in [0.1, 0.15) is 11.3 Å². The fourth-order valence-corrected chi connectivity index (χ4v) is 3.18. The van der Waals surface area contributed by atoms with Crippen LogP contribution in [-0.2, 0) is 27.1 Å². The summed E-state index contributed by atoms with van der Waals surface area (Å²) in [6, 6.07) is 8.31. The molecule has 26 heavy (non-hydrogen) atoms. The number of morpholine rings is 1. The molecule has 1 fully saturated rings. The van der Waals surface area contributed by atoms with E-state index in [2.05, 4.69) is 9.97 Å². The topological polar surface area (TPSA) is 134 Å². The van der Waals surface area contributed by atoms with Gasteiger partial charge in [0.05, 0.1) is 24.7 Å². The number of anilines is 1. The van der Waals surface area contributed by atoms with Gasteiger partial charge >= 0.3 is 0 Å². The summed E-state index contributed by atoms with van der Waals surface area (Å²) in [5.74, 6) is 1.23. The van der Waals surface area contributed by atoms with Gasteiger partial charge in [-0.15, -0.1) is 0 Å². The van der Waals surface area contributed by atoms with E-state index in [0.717, 1.165) is 0 Å². The Labute approximate surface area is 152 Å². The average molecular weight is 379 g/mol. The number of primary sulfonamides is 1. The van der Waals surface area contributed by atoms with Crippen LogP contribution in [0.5, 0.6) is 11.6 Å². The lowest BCUT2D eigenvalue weighted by molar-refractivity contribution is 0.122. The predicted octanol–water partition coefficient (Wildman–Crippen LogP) is 0.353. The second-order valence-corrected chi connectivity index (χ2v) is 7.47. The van der Waals surface area contributed by atoms with Crippen molar-refractivity contribution >= 4 is 16.0 Å². The van der Waals surface area contributed by atoms with Crippen molar-refractivity contribution in [2.75, 3.05) is 31.2 Å². The van der Waals surface area contributed by atoms with Crippen molar-refractivity contribution < 1.29 is 17.9 Å². The lowest BCUT2D eigenvalue weighted by atomic mass is 10.2. The maximum absolute atomic E-state index is 11.1. The van der Waals surface area contributed by atoms with E-state index in [0.29, 0.717) is 55.1 Å². The minimum Gasteiger partial charge on any atom is -0.439 e. The summed E-state index contributed by atoms with van der Waals surface area (Å²) in [4.78, 5) is 10.9. The lowest BCUT2D eigenvalue weighted by Crippen LogP contribution is -2.37. The first-order chi connectivity index (χ1) is 12.4. The van der Waals surface area contributed by atoms with Crippen LogP contribution in [-0.4, -0.2) is 44.7 Å². The average Bonchev–Trinajstić information content (AvgIpc) is 2.62. The molecule has 0 aliphatic carbocycles. The van der Waals surface area contributed by atoms with Crippen LogP contribution in [0.4, 0.5) is 5.95 Å². The van der Waals surface area contributed by atoms with Crippen LogP contribution < -0.4 is 20.5 Å². The molecule has 0 amide bonds. The Morgan fingerprint density at radius 3 is 2.46 bits per heavy atom. The highest BCUT2D eigenvalue weighted by molar-refractivity contribution is 7.88. The number of sulfonamides is 1. The van der Waals surface area contributed by atoms with Crippen molar-refractivity contribution in [2.24, 2.45) is 10.9 Å². The van der Waals surface area contributed by atoms with Gasteiger partial charge in [0.25, 0.3) is 0 Å². The van der Waals surface area contributed by atoms with Gasteiger partial charge in [-0.05, 0) is 17.7 Å². The number of aromatic nitrogens is 2. The molecule has 10 heteroatoms. The number of rotatable bonds is 6. The molecule has 2 heterocycles. The van der Waals surface area contributed by atoms with E-state index in [4.69, 9.17) is 20.3 Å². The smallest absolute Gasteiger partial charge is 0.229 e. The molecule has 1 saturated heterocycles. The minimum atomic E-state index is -3.57. The van der Waals surface area contributed by atoms with Gasteiger partial charge in [0.1, 0.15) is 5.75 Å². The monoisotopic (exact) mass is 379 g/mol. The number of benzene rings is 1. The number of nitrogens with zero attached hydrogens (tertiary/aromatic N) is 3. The maximum atomic E-state index is 11.1. The Hall–Kier alpha value is -2.27. The molecule has 1 aromatic heterocycles. The SMILES string of the molecule is NCc1cc(Oc2ccc(CS(N)(=O)=O)cc2)nc(N2CCOCC2)n1. The first-order valence-corrected chi connectivity index (χ1v) is 9.82. The number of nitrogens with two attached hydrogens (primary N) is 2. The summed E-state index contributed by atoms with van der Waals surface area (Å²) in [6.45, 7) is 2.92. The Balaban J connectivity index is 1.78. The normalized spacial score (nSPS) is 15.1. The summed E-state index contributed by atoms with van der Waals surface area (Å²) in [5.41, 5.74) is 6.98. The predicted molar refractivity (Wildman–Crippen MR) is 96.3 cm³/mol. The van der Waals surface area contributed by atoms with Crippen molar-refractivity contribution in [1.82, 2.24) is 9.97 Å². The van der Waals surface area contributed by atoms with Crippen molar-refractivity contribution in [3.63, 3.8) is 0 Å². The van der Waals surface area contributed by atoms with Crippen LogP contribution in [0.25, 0.3) is 0 Å². The quantitative estimate of drug-likeness (QED) is 0.734. The van der Waals surface area contributed by atoms with Gasteiger partial charge in [0, 0.05) is 25.7 Å². The van der Waals surface area contributed by atoms with E-state index >= 15 is 0 Å². The molecule has 9 nitrogen and oxygen atoms in total. The molecule has 140 valence electrons. The molecule has 0 bridgehead atoms. The van der Waals surface area contributed by atoms with Gasteiger partial charge in [-0.3, -0.25) is 0 Å². The molecule has 2 aromatic rings. The summed E-state index contributed by atoms with van der Waals surface area (Å²) >= 11 is 0. The first kappa shape index (κ1) is 18.5. The second-order valence-electron chi connectivity index (χ2n) is 5.85. The van der Waals surface area contributed by atoms with Crippen LogP contribution in [0, 0.1) is 0 Å². The number of ether oxygens (including phenoxy) is 2. The highest BCUT2D eigenvalue weighted by Gasteiger charge is 2.16. The van der Waals surface area contributed by atoms with Crippen molar-refractivity contribution in [3.05, 3.63) is 41.6 Å². The van der Waals surface area contributed by atoms with Crippen LogP contribution in [0.2, 0.25) is 0 Å². The van der Waals surface area contributed by atoms with E-state index in [1.807, 2.05) is 4.90 Å². The second kappa shape index (κ2) is 7.96. The Kier molecular flexibility index (Phi) is 5.67. The van der Waals surface area contributed by atoms with Crippen LogP contribution in [0.3, 0.4) is 0 Å². The third-order valence-corrected chi connectivity index (χ3v) is 4.50. The molecule has 0 spiro atoms. The lowest BCUT2D eigenvalue weighted by Gasteiger charge is -2.27. The third-order valence-electron chi connectivity index (χ3n) is 3.76. The Morgan fingerprint density at radius 2 is 1.85 bits per heavy atom. The zero-order valence-electron chi connectivity index (χ0n) is 14.2. The Bertz CT molecular complexity index is 851. The van der Waals surface area contributed by atoms with Gasteiger partial charge in [0.2, 0.25) is 21.9 Å². The van der Waals surface area contributed by atoms with E-state index in [1.54, 1.807) is 30.3 Å². The maximum Gasteiger partial charge on any atom is 0.229 e. The zero-order valence-corrected chi connectivity index (χ0v) is 15.0. The standard InChI is InChI=1S/C16H21N5O4S/c17-10-13-9-15(20-16(19-13)21-5-7-24-8-6-21)25-14-3-1-12(2-4-14)11-26(18,22)23/h1-4,9H,5-8,10-11,17H2,(H2,18,22,23). The molecule has 1 aromatic carbocycles. The largest absolute Gasteiger partial charge is 0.439 e. The molecule has 0 atom stereocenters. The van der Waals surface area contributed by atoms with Crippen molar-refractivity contribution in [2.45, 2.75) is 12.3 Å². The molecule has 0 unspecified atom stereocenters. The van der Waals surface area contributed by atoms with E-state index in [9.17, 15) is 8.42 Å². The molecular weight excluding hydrogens is 358 g/mol. The van der Waals surface area contributed by atoms with Gasteiger partial charge in [-0.1, -0.05) is 12.1 Å². The highest BCUT2D eigenvalue weighted by atomic mass is 32.2. The fraction of sp³-hybridized carbons (Fsp3) is 0.375. The van der Waals surface area contributed by atoms with Gasteiger partial charge in [0.15, 0.2) is 0 Å². The Morgan fingerprint density at radius 1 is 1.15 bits per heavy atom. The van der Waals surface area contributed by atoms with Crippen molar-refractivity contribution in [3.8, 4) is 11.6 Å². The zero-order chi connectivity index (χ0) is 18.6. The third kappa shape index (κ3) is 5.11. The summed E-state index contributed by atoms with van der Waals surface area (Å²) in [7, 11) is -3.57. The van der Waals surface area contributed by atoms with Crippen LogP contribution >= 0.6 is 0 Å².